The third-order valence-electron chi connectivity index (χ3n) is 4.51. The van der Waals surface area contributed by atoms with Crippen LogP contribution in [0.25, 0.3) is 11.3 Å². The number of likely N-dealkylation sites (tertiary alicyclic amines) is 1. The van der Waals surface area contributed by atoms with Gasteiger partial charge < -0.3 is 14.2 Å². The van der Waals surface area contributed by atoms with Crippen LogP contribution in [0.1, 0.15) is 21.7 Å². The molecule has 7 nitrogen and oxygen atoms in total. The first-order valence-electron chi connectivity index (χ1n) is 8.60. The molecule has 0 aliphatic carbocycles. The number of hydrogen-bond acceptors (Lipinski definition) is 6. The van der Waals surface area contributed by atoms with Crippen molar-refractivity contribution in [3.63, 3.8) is 0 Å². The maximum absolute atomic E-state index is 13.0. The van der Waals surface area contributed by atoms with Crippen molar-refractivity contribution in [3.05, 3.63) is 64.5 Å². The first-order valence-corrected chi connectivity index (χ1v) is 8.98. The molecule has 3 heterocycles. The second-order valence-corrected chi connectivity index (χ2v) is 6.77. The van der Waals surface area contributed by atoms with Crippen LogP contribution in [0.4, 0.5) is 0 Å². The molecule has 0 atom stereocenters. The topological polar surface area (TPSA) is 92.2 Å². The third-order valence-corrected chi connectivity index (χ3v) is 4.84. The van der Waals surface area contributed by atoms with Gasteiger partial charge in [-0.3, -0.25) is 4.79 Å². The molecule has 8 heteroatoms. The van der Waals surface area contributed by atoms with E-state index in [1.54, 1.807) is 42.3 Å². The first kappa shape index (κ1) is 18.0. The number of nitriles is 1. The Hall–Kier alpha value is -3.37. The van der Waals surface area contributed by atoms with Crippen LogP contribution in [0, 0.1) is 18.3 Å². The summed E-state index contributed by atoms with van der Waals surface area (Å²) >= 11 is 6.25. The lowest BCUT2D eigenvalue weighted by Crippen LogP contribution is -2.56. The van der Waals surface area contributed by atoms with Gasteiger partial charge in [0.1, 0.15) is 34.8 Å². The van der Waals surface area contributed by atoms with E-state index < -0.39 is 0 Å². The van der Waals surface area contributed by atoms with Gasteiger partial charge in [0.2, 0.25) is 5.88 Å². The molecule has 0 N–H and O–H groups in total. The quantitative estimate of drug-likeness (QED) is 0.672. The number of nitrogens with zero attached hydrogens (tertiary/aromatic N) is 4. The number of aromatic nitrogens is 2. The van der Waals surface area contributed by atoms with Crippen LogP contribution in [0.15, 0.2) is 47.1 Å². The van der Waals surface area contributed by atoms with E-state index in [-0.39, 0.29) is 17.9 Å². The number of carbonyl (C=O) groups is 1. The molecule has 2 aromatic heterocycles. The predicted octanol–water partition coefficient (Wildman–Crippen LogP) is 3.47. The monoisotopic (exact) mass is 394 g/mol. The van der Waals surface area contributed by atoms with E-state index in [1.807, 2.05) is 18.2 Å². The first-order chi connectivity index (χ1) is 13.6. The van der Waals surface area contributed by atoms with Gasteiger partial charge in [-0.15, -0.1) is 0 Å². The lowest BCUT2D eigenvalue weighted by molar-refractivity contribution is 0.0158. The summed E-state index contributed by atoms with van der Waals surface area (Å²) in [4.78, 5) is 18.7. The number of pyridine rings is 1. The molecule has 28 heavy (non-hydrogen) atoms. The summed E-state index contributed by atoms with van der Waals surface area (Å²) in [5.41, 5.74) is 1.82. The molecule has 1 fully saturated rings. The fraction of sp³-hybridized carbons (Fsp3) is 0.200. The van der Waals surface area contributed by atoms with E-state index in [0.717, 1.165) is 0 Å². The smallest absolute Gasteiger partial charge is 0.260 e. The van der Waals surface area contributed by atoms with Gasteiger partial charge in [-0.1, -0.05) is 35.0 Å². The second-order valence-electron chi connectivity index (χ2n) is 6.36. The Morgan fingerprint density at radius 2 is 2.11 bits per heavy atom. The van der Waals surface area contributed by atoms with Crippen LogP contribution in [0.3, 0.4) is 0 Å². The number of carbonyl (C=O) groups excluding carboxylic acids is 1. The molecular weight excluding hydrogens is 380 g/mol. The minimum atomic E-state index is -0.227. The molecule has 140 valence electrons. The fourth-order valence-electron chi connectivity index (χ4n) is 3.03. The van der Waals surface area contributed by atoms with Gasteiger partial charge in [0.25, 0.3) is 5.91 Å². The van der Waals surface area contributed by atoms with Gasteiger partial charge in [0.15, 0.2) is 0 Å². The lowest BCUT2D eigenvalue weighted by Gasteiger charge is -2.38. The molecule has 0 saturated carbocycles. The van der Waals surface area contributed by atoms with Crippen molar-refractivity contribution >= 4 is 17.5 Å². The van der Waals surface area contributed by atoms with Crippen LogP contribution in [0.2, 0.25) is 5.02 Å². The highest BCUT2D eigenvalue weighted by Gasteiger charge is 2.36. The van der Waals surface area contributed by atoms with Gasteiger partial charge in [0.05, 0.1) is 18.1 Å². The number of ether oxygens (including phenoxy) is 1. The highest BCUT2D eigenvalue weighted by Crippen LogP contribution is 2.32. The van der Waals surface area contributed by atoms with E-state index in [9.17, 15) is 4.79 Å². The van der Waals surface area contributed by atoms with Gasteiger partial charge in [0, 0.05) is 11.8 Å². The van der Waals surface area contributed by atoms with Crippen LogP contribution < -0.4 is 4.74 Å². The molecule has 0 bridgehead atoms. The van der Waals surface area contributed by atoms with Gasteiger partial charge >= 0.3 is 0 Å². The van der Waals surface area contributed by atoms with Crippen molar-refractivity contribution in [1.82, 2.24) is 15.0 Å². The Morgan fingerprint density at radius 3 is 2.86 bits per heavy atom. The van der Waals surface area contributed by atoms with Crippen molar-refractivity contribution < 1.29 is 14.1 Å². The molecule has 1 aliphatic rings. The SMILES string of the molecule is Cc1onc(-c2ccccc2Cl)c1C(=O)N1CC(Oc2ncccc2C#N)C1. The molecule has 0 spiro atoms. The van der Waals surface area contributed by atoms with E-state index in [2.05, 4.69) is 10.1 Å². The van der Waals surface area contributed by atoms with Gasteiger partial charge in [-0.2, -0.15) is 5.26 Å². The van der Waals surface area contributed by atoms with E-state index in [0.29, 0.717) is 46.3 Å². The van der Waals surface area contributed by atoms with Crippen molar-refractivity contribution in [2.24, 2.45) is 0 Å². The maximum Gasteiger partial charge on any atom is 0.260 e. The Labute approximate surface area is 166 Å². The average molecular weight is 395 g/mol. The summed E-state index contributed by atoms with van der Waals surface area (Å²) in [5, 5.41) is 13.6. The zero-order valence-corrected chi connectivity index (χ0v) is 15.7. The molecule has 4 rings (SSSR count). The van der Waals surface area contributed by atoms with Gasteiger partial charge in [-0.05, 0) is 25.1 Å². The second kappa shape index (κ2) is 7.33. The number of aryl methyl sites for hydroxylation is 1. The zero-order valence-electron chi connectivity index (χ0n) is 14.9. The third kappa shape index (κ3) is 3.19. The van der Waals surface area contributed by atoms with Crippen LogP contribution in [0.5, 0.6) is 5.88 Å². The largest absolute Gasteiger partial charge is 0.470 e. The number of amides is 1. The Bertz CT molecular complexity index is 1080. The average Bonchev–Trinajstić information content (AvgIpc) is 3.05. The lowest BCUT2D eigenvalue weighted by atomic mass is 10.0. The number of rotatable bonds is 4. The summed E-state index contributed by atoms with van der Waals surface area (Å²) in [7, 11) is 0. The normalized spacial score (nSPS) is 13.7. The number of halogens is 1. The number of hydrogen-bond donors (Lipinski definition) is 0. The Kier molecular flexibility index (Phi) is 4.72. The molecule has 1 amide bonds. The van der Waals surface area contributed by atoms with Crippen molar-refractivity contribution in [3.8, 4) is 23.2 Å². The summed E-state index contributed by atoms with van der Waals surface area (Å²) in [6, 6.07) is 12.5. The van der Waals surface area contributed by atoms with Crippen LogP contribution >= 0.6 is 11.6 Å². The highest BCUT2D eigenvalue weighted by molar-refractivity contribution is 6.33. The van der Waals surface area contributed by atoms with Crippen molar-refractivity contribution in [2.75, 3.05) is 13.1 Å². The van der Waals surface area contributed by atoms with Crippen molar-refractivity contribution in [2.45, 2.75) is 13.0 Å². The minimum absolute atomic E-state index is 0.199. The minimum Gasteiger partial charge on any atom is -0.470 e. The molecule has 0 unspecified atom stereocenters. The Balaban J connectivity index is 1.50. The fourth-order valence-corrected chi connectivity index (χ4v) is 3.25. The molecule has 1 aliphatic heterocycles. The van der Waals surface area contributed by atoms with E-state index >= 15 is 0 Å². The summed E-state index contributed by atoms with van der Waals surface area (Å²) < 4.78 is 11.0. The van der Waals surface area contributed by atoms with E-state index in [1.165, 1.54) is 0 Å². The molecular formula is C20H15ClN4O3. The predicted molar refractivity (Wildman–Crippen MR) is 101 cm³/mol. The number of benzene rings is 1. The van der Waals surface area contributed by atoms with E-state index in [4.69, 9.17) is 26.1 Å². The molecule has 1 saturated heterocycles. The van der Waals surface area contributed by atoms with Gasteiger partial charge in [-0.25, -0.2) is 4.98 Å². The Morgan fingerprint density at radius 1 is 1.32 bits per heavy atom. The molecule has 0 radical (unpaired) electrons. The molecule has 1 aromatic carbocycles. The van der Waals surface area contributed by atoms with Crippen molar-refractivity contribution in [1.29, 1.82) is 5.26 Å². The highest BCUT2D eigenvalue weighted by atomic mass is 35.5. The summed E-state index contributed by atoms with van der Waals surface area (Å²) in [6.07, 6.45) is 1.34. The maximum atomic E-state index is 13.0. The van der Waals surface area contributed by atoms with Crippen LogP contribution in [-0.4, -0.2) is 40.1 Å². The summed E-state index contributed by atoms with van der Waals surface area (Å²) in [5.74, 6) is 0.510. The molecule has 3 aromatic rings. The van der Waals surface area contributed by atoms with Crippen LogP contribution in [-0.2, 0) is 0 Å². The summed E-state index contributed by atoms with van der Waals surface area (Å²) in [6.45, 7) is 2.46. The standard InChI is InChI=1S/C20H15ClN4O3/c1-12-17(18(24-28-12)15-6-2-3-7-16(15)21)20(26)25-10-14(11-25)27-19-13(9-22)5-4-8-23-19/h2-8,14H,10-11H2,1H3. The zero-order chi connectivity index (χ0) is 19.7.